The third kappa shape index (κ3) is 4.46. The van der Waals surface area contributed by atoms with Crippen molar-refractivity contribution in [1.29, 1.82) is 0 Å². The van der Waals surface area contributed by atoms with Crippen LogP contribution in [0.2, 0.25) is 5.02 Å². The highest BCUT2D eigenvalue weighted by atomic mass is 35.5. The molecule has 0 heterocycles. The first kappa shape index (κ1) is 17.8. The van der Waals surface area contributed by atoms with E-state index in [1.165, 1.54) is 48.5 Å². The molecule has 2 rings (SSSR count). The number of sulfonamides is 1. The van der Waals surface area contributed by atoms with Crippen molar-refractivity contribution in [3.8, 4) is 0 Å². The Morgan fingerprint density at radius 2 is 1.57 bits per heavy atom. The smallest absolute Gasteiger partial charge is 0.207 e. The minimum Gasteiger partial charge on any atom is -0.207 e. The first-order chi connectivity index (χ1) is 10.8. The van der Waals surface area contributed by atoms with Gasteiger partial charge >= 0.3 is 6.55 Å². The largest absolute Gasteiger partial charge is 0.307 e. The van der Waals surface area contributed by atoms with Gasteiger partial charge in [0.2, 0.25) is 10.0 Å². The number of benzene rings is 2. The lowest BCUT2D eigenvalue weighted by molar-refractivity contribution is 0.0320. The van der Waals surface area contributed by atoms with Crippen molar-refractivity contribution < 1.29 is 21.6 Å². The first-order valence-electron chi connectivity index (χ1n) is 6.61. The molecule has 0 fully saturated rings. The molecule has 124 valence electrons. The summed E-state index contributed by atoms with van der Waals surface area (Å²) in [7, 11) is -4.34. The molecule has 0 amide bonds. The highest BCUT2D eigenvalue weighted by Crippen LogP contribution is 2.22. The molecule has 0 atom stereocenters. The number of nitrogens with zero attached hydrogens (tertiary/aromatic N) is 1. The Balaban J connectivity index is 2.20. The minimum absolute atomic E-state index is 0.0391. The van der Waals surface area contributed by atoms with E-state index >= 15 is 0 Å². The van der Waals surface area contributed by atoms with Crippen LogP contribution in [0, 0.1) is 5.82 Å². The van der Waals surface area contributed by atoms with Gasteiger partial charge in [0, 0.05) is 11.6 Å². The summed E-state index contributed by atoms with van der Waals surface area (Å²) in [6.07, 6.45) is 0.0391. The first-order valence-corrected chi connectivity index (χ1v) is 8.42. The van der Waals surface area contributed by atoms with Crippen LogP contribution in [0.4, 0.5) is 13.2 Å². The van der Waals surface area contributed by atoms with Gasteiger partial charge in [-0.2, -0.15) is 8.78 Å². The Hall–Kier alpha value is -1.57. The Kier molecular flexibility index (Phi) is 5.67. The summed E-state index contributed by atoms with van der Waals surface area (Å²) in [5, 5.41) is 0.304. The third-order valence-electron chi connectivity index (χ3n) is 3.17. The van der Waals surface area contributed by atoms with Crippen LogP contribution in [0.25, 0.3) is 0 Å². The molecule has 23 heavy (non-hydrogen) atoms. The summed E-state index contributed by atoms with van der Waals surface area (Å²) in [5.74, 6) is -0.451. The van der Waals surface area contributed by atoms with Crippen LogP contribution in [0.5, 0.6) is 0 Å². The molecule has 0 aliphatic carbocycles. The Labute approximate surface area is 137 Å². The fourth-order valence-corrected chi connectivity index (χ4v) is 3.37. The van der Waals surface area contributed by atoms with E-state index in [2.05, 4.69) is 0 Å². The maximum atomic E-state index is 13.2. The predicted molar refractivity (Wildman–Crippen MR) is 81.5 cm³/mol. The van der Waals surface area contributed by atoms with Gasteiger partial charge in [-0.05, 0) is 48.4 Å². The van der Waals surface area contributed by atoms with Crippen molar-refractivity contribution in [3.05, 3.63) is 64.9 Å². The minimum atomic E-state index is -4.34. The predicted octanol–water partition coefficient (Wildman–Crippen LogP) is 3.94. The number of hydrogen-bond acceptors (Lipinski definition) is 2. The zero-order valence-electron chi connectivity index (χ0n) is 11.8. The van der Waals surface area contributed by atoms with E-state index in [1.54, 1.807) is 0 Å². The van der Waals surface area contributed by atoms with Crippen LogP contribution in [0.3, 0.4) is 0 Å². The molecule has 0 aromatic heterocycles. The Morgan fingerprint density at radius 1 is 1.00 bits per heavy atom. The lowest BCUT2D eigenvalue weighted by Gasteiger charge is -2.21. The van der Waals surface area contributed by atoms with E-state index in [-0.39, 0.29) is 15.6 Å². The molecule has 0 bridgehead atoms. The van der Waals surface area contributed by atoms with Crippen LogP contribution in [-0.4, -0.2) is 25.8 Å². The van der Waals surface area contributed by atoms with Crippen molar-refractivity contribution in [1.82, 2.24) is 4.31 Å². The van der Waals surface area contributed by atoms with Gasteiger partial charge in [-0.15, -0.1) is 4.31 Å². The van der Waals surface area contributed by atoms with Crippen molar-refractivity contribution >= 4 is 21.6 Å². The summed E-state index contributed by atoms with van der Waals surface area (Å²) in [6, 6.07) is 10.2. The third-order valence-corrected chi connectivity index (χ3v) is 5.25. The van der Waals surface area contributed by atoms with Gasteiger partial charge in [-0.3, -0.25) is 0 Å². The van der Waals surface area contributed by atoms with Crippen molar-refractivity contribution in [2.75, 3.05) is 6.54 Å². The molecule has 0 aliphatic rings. The second-order valence-corrected chi connectivity index (χ2v) is 7.05. The van der Waals surface area contributed by atoms with Crippen LogP contribution in [0.15, 0.2) is 53.4 Å². The maximum Gasteiger partial charge on any atom is 0.307 e. The highest BCUT2D eigenvalue weighted by Gasteiger charge is 2.31. The summed E-state index contributed by atoms with van der Waals surface area (Å²) < 4.78 is 63.9. The molecule has 0 saturated carbocycles. The average Bonchev–Trinajstić information content (AvgIpc) is 2.49. The van der Waals surface area contributed by atoms with Gasteiger partial charge in [0.05, 0.1) is 4.90 Å². The standard InChI is InChI=1S/C15H13ClF3NO2S/c16-12-3-7-14(8-4-12)23(21,22)20(15(18)19)10-9-11-1-5-13(17)6-2-11/h1-8,15H,9-10H2. The molecular formula is C15H13ClF3NO2S. The molecule has 3 nitrogen and oxygen atoms in total. The number of hydrogen-bond donors (Lipinski definition) is 0. The lowest BCUT2D eigenvalue weighted by Crippen LogP contribution is -2.37. The van der Waals surface area contributed by atoms with Gasteiger partial charge < -0.3 is 0 Å². The molecular weight excluding hydrogens is 351 g/mol. The monoisotopic (exact) mass is 363 g/mol. The van der Waals surface area contributed by atoms with Gasteiger partial charge in [-0.25, -0.2) is 12.8 Å². The molecule has 0 spiro atoms. The SMILES string of the molecule is O=S(=O)(c1ccc(Cl)cc1)N(CCc1ccc(F)cc1)C(F)F. The second kappa shape index (κ2) is 7.33. The molecule has 0 saturated heterocycles. The molecule has 2 aromatic rings. The molecule has 8 heteroatoms. The van der Waals surface area contributed by atoms with E-state index in [9.17, 15) is 21.6 Å². The lowest BCUT2D eigenvalue weighted by atomic mass is 10.1. The molecule has 0 radical (unpaired) electrons. The van der Waals surface area contributed by atoms with Crippen LogP contribution in [0.1, 0.15) is 5.56 Å². The van der Waals surface area contributed by atoms with Gasteiger partial charge in [0.1, 0.15) is 5.82 Å². The fraction of sp³-hybridized carbons (Fsp3) is 0.200. The topological polar surface area (TPSA) is 37.4 Å². The average molecular weight is 364 g/mol. The highest BCUT2D eigenvalue weighted by molar-refractivity contribution is 7.89. The van der Waals surface area contributed by atoms with Crippen LogP contribution >= 0.6 is 11.6 Å². The number of rotatable bonds is 6. The maximum absolute atomic E-state index is 13.2. The Bertz CT molecular complexity index is 749. The quantitative estimate of drug-likeness (QED) is 0.729. The van der Waals surface area contributed by atoms with E-state index in [1.807, 2.05) is 0 Å². The van der Waals surface area contributed by atoms with E-state index in [0.717, 1.165) is 0 Å². The van der Waals surface area contributed by atoms with Crippen molar-refractivity contribution in [2.24, 2.45) is 0 Å². The van der Waals surface area contributed by atoms with Gasteiger partial charge in [-0.1, -0.05) is 23.7 Å². The summed E-state index contributed by atoms with van der Waals surface area (Å²) in [6.45, 7) is -3.61. The summed E-state index contributed by atoms with van der Waals surface area (Å²) in [4.78, 5) is -0.263. The second-order valence-electron chi connectivity index (χ2n) is 4.72. The van der Waals surface area contributed by atoms with Crippen LogP contribution in [-0.2, 0) is 16.4 Å². The van der Waals surface area contributed by atoms with E-state index in [4.69, 9.17) is 11.6 Å². The van der Waals surface area contributed by atoms with Gasteiger partial charge in [0.25, 0.3) is 0 Å². The van der Waals surface area contributed by atoms with Crippen molar-refractivity contribution in [3.63, 3.8) is 0 Å². The fourth-order valence-electron chi connectivity index (χ4n) is 1.95. The molecule has 0 aliphatic heterocycles. The van der Waals surface area contributed by atoms with Gasteiger partial charge in [0.15, 0.2) is 0 Å². The molecule has 0 N–H and O–H groups in total. The zero-order valence-corrected chi connectivity index (χ0v) is 13.4. The molecule has 0 unspecified atom stereocenters. The summed E-state index contributed by atoms with van der Waals surface area (Å²) >= 11 is 5.67. The number of alkyl halides is 2. The van der Waals surface area contributed by atoms with Crippen LogP contribution < -0.4 is 0 Å². The normalized spacial score (nSPS) is 12.1. The summed E-state index contributed by atoms with van der Waals surface area (Å²) in [5.41, 5.74) is 0.559. The Morgan fingerprint density at radius 3 is 2.09 bits per heavy atom. The van der Waals surface area contributed by atoms with E-state index in [0.29, 0.717) is 10.6 Å². The van der Waals surface area contributed by atoms with E-state index < -0.39 is 28.9 Å². The van der Waals surface area contributed by atoms with Crippen molar-refractivity contribution in [2.45, 2.75) is 17.9 Å². The molecule has 2 aromatic carbocycles. The number of halogens is 4. The zero-order chi connectivity index (χ0) is 17.0.